The average molecular weight is 1140 g/mol. The highest BCUT2D eigenvalue weighted by molar-refractivity contribution is 5.72. The van der Waals surface area contributed by atoms with E-state index in [0.717, 1.165) is 148 Å². The molecule has 464 valence electrons. The summed E-state index contributed by atoms with van der Waals surface area (Å²) in [6, 6.07) is 0. The van der Waals surface area contributed by atoms with Gasteiger partial charge < -0.3 is 14.2 Å². The molecule has 6 nitrogen and oxygen atoms in total. The van der Waals surface area contributed by atoms with Crippen LogP contribution in [0.25, 0.3) is 0 Å². The number of allylic oxidation sites excluding steroid dienone is 29. The van der Waals surface area contributed by atoms with Crippen molar-refractivity contribution in [3.63, 3.8) is 0 Å². The zero-order chi connectivity index (χ0) is 59.9. The molecule has 0 radical (unpaired) electrons. The van der Waals surface area contributed by atoms with E-state index < -0.39 is 12.1 Å². The lowest BCUT2D eigenvalue weighted by Gasteiger charge is -2.18. The smallest absolute Gasteiger partial charge is 0.309 e. The normalized spacial score (nSPS) is 13.3. The van der Waals surface area contributed by atoms with Gasteiger partial charge in [0, 0.05) is 12.8 Å². The Morgan fingerprint density at radius 2 is 0.518 bits per heavy atom. The van der Waals surface area contributed by atoms with E-state index in [2.05, 4.69) is 191 Å². The summed E-state index contributed by atoms with van der Waals surface area (Å²) >= 11 is 0. The number of rotatable bonds is 58. The molecular weight excluding hydrogens is 1020 g/mol. The number of unbranched alkanes of at least 4 members (excludes halogenated alkanes) is 18. The van der Waals surface area contributed by atoms with Crippen LogP contribution in [0, 0.1) is 0 Å². The maximum absolute atomic E-state index is 12.9. The highest BCUT2D eigenvalue weighted by Crippen LogP contribution is 2.14. The molecule has 0 aromatic rings. The largest absolute Gasteiger partial charge is 0.462 e. The standard InChI is InChI=1S/C77H120O6/c1-4-7-10-13-16-19-22-25-28-30-31-32-33-34-35-36-37-38-39-40-41-42-43-44-45-47-49-52-55-58-61-64-67-70-76(79)82-73-74(72-81-75(78)69-66-63-60-57-54-51-48-27-24-21-18-15-12-9-6-3)83-77(80)71-68-65-62-59-56-53-50-46-29-26-23-20-17-14-11-8-5-2/h7,9-10,12,16-21,25-29,31-32,34-35,37-38,40-41,43-44,48,54,57,63,66,74H,4-6,8,11,13-15,22-24,30,33,36,39,42,45-47,49-53,55-56,58-62,64-65,67-73H2,1-3H3/b10-7-,12-9-,19-16-,20-17-,21-18-,28-25-,29-26-,32-31-,35-34-,38-37-,41-40-,44-43-,48-27-,57-54-,66-63-. The van der Waals surface area contributed by atoms with Gasteiger partial charge in [-0.1, -0.05) is 287 Å². The van der Waals surface area contributed by atoms with Gasteiger partial charge in [0.2, 0.25) is 0 Å². The SMILES string of the molecule is CC/C=C\C/C=C\C/C=C\C/C=C\C/C=C\C/C=C\C/C=C\C/C=C\CCCCCCCCCCC(=O)OCC(COC(=O)C/C=C\C/C=C\C/C=C\C/C=C\C/C=C\CC)OC(=O)CCCCCCCCC/C=C\C/C=C\CCCCC. The van der Waals surface area contributed by atoms with Crippen molar-refractivity contribution >= 4 is 17.9 Å². The number of hydrogen-bond acceptors (Lipinski definition) is 6. The van der Waals surface area contributed by atoms with E-state index in [9.17, 15) is 14.4 Å². The van der Waals surface area contributed by atoms with Crippen molar-refractivity contribution < 1.29 is 28.6 Å². The molecule has 6 heteroatoms. The highest BCUT2D eigenvalue weighted by Gasteiger charge is 2.19. The first-order chi connectivity index (χ1) is 41.0. The first kappa shape index (κ1) is 77.5. The lowest BCUT2D eigenvalue weighted by molar-refractivity contribution is -0.166. The molecule has 1 atom stereocenters. The third kappa shape index (κ3) is 67.2. The van der Waals surface area contributed by atoms with Crippen LogP contribution in [0.3, 0.4) is 0 Å². The summed E-state index contributed by atoms with van der Waals surface area (Å²) in [4.78, 5) is 38.3. The number of ether oxygens (including phenoxy) is 3. The summed E-state index contributed by atoms with van der Waals surface area (Å²) in [5.41, 5.74) is 0. The maximum Gasteiger partial charge on any atom is 0.309 e. The summed E-state index contributed by atoms with van der Waals surface area (Å²) < 4.78 is 16.8. The minimum Gasteiger partial charge on any atom is -0.462 e. The summed E-state index contributed by atoms with van der Waals surface area (Å²) in [6.07, 6.45) is 104. The number of carbonyl (C=O) groups is 3. The lowest BCUT2D eigenvalue weighted by Crippen LogP contribution is -2.30. The van der Waals surface area contributed by atoms with Crippen LogP contribution >= 0.6 is 0 Å². The molecule has 83 heavy (non-hydrogen) atoms. The second-order valence-corrected chi connectivity index (χ2v) is 21.3. The molecule has 0 aromatic carbocycles. The van der Waals surface area contributed by atoms with E-state index in [1.165, 1.54) is 77.0 Å². The minimum absolute atomic E-state index is 0.116. The van der Waals surface area contributed by atoms with Gasteiger partial charge in [-0.2, -0.15) is 0 Å². The fourth-order valence-electron chi connectivity index (χ4n) is 8.50. The molecule has 0 bridgehead atoms. The molecule has 0 N–H and O–H groups in total. The summed E-state index contributed by atoms with van der Waals surface area (Å²) in [6.45, 7) is 6.28. The second kappa shape index (κ2) is 69.0. The molecule has 0 spiro atoms. The van der Waals surface area contributed by atoms with Crippen LogP contribution in [0.1, 0.15) is 265 Å². The Morgan fingerprint density at radius 3 is 0.843 bits per heavy atom. The molecule has 0 heterocycles. The van der Waals surface area contributed by atoms with Gasteiger partial charge in [-0.25, -0.2) is 0 Å². The van der Waals surface area contributed by atoms with Gasteiger partial charge in [0.25, 0.3) is 0 Å². The predicted octanol–water partition coefficient (Wildman–Crippen LogP) is 23.2. The zero-order valence-electron chi connectivity index (χ0n) is 53.1. The topological polar surface area (TPSA) is 78.9 Å². The van der Waals surface area contributed by atoms with Gasteiger partial charge >= 0.3 is 17.9 Å². The Morgan fingerprint density at radius 1 is 0.265 bits per heavy atom. The van der Waals surface area contributed by atoms with E-state index in [-0.39, 0.29) is 31.6 Å². The van der Waals surface area contributed by atoms with E-state index in [1.807, 2.05) is 6.08 Å². The monoisotopic (exact) mass is 1140 g/mol. The van der Waals surface area contributed by atoms with E-state index >= 15 is 0 Å². The summed E-state index contributed by atoms with van der Waals surface area (Å²) in [5, 5.41) is 0. The Kier molecular flexibility index (Phi) is 64.4. The fraction of sp³-hybridized carbons (Fsp3) is 0.571. The van der Waals surface area contributed by atoms with Crippen molar-refractivity contribution in [1.82, 2.24) is 0 Å². The number of esters is 3. The van der Waals surface area contributed by atoms with Crippen LogP contribution in [-0.2, 0) is 28.6 Å². The van der Waals surface area contributed by atoms with E-state index in [0.29, 0.717) is 12.8 Å². The Bertz CT molecular complexity index is 1940. The Labute approximate surface area is 510 Å². The number of hydrogen-bond donors (Lipinski definition) is 0. The minimum atomic E-state index is -0.837. The Hall–Kier alpha value is -5.49. The molecule has 0 aliphatic rings. The van der Waals surface area contributed by atoms with E-state index in [1.54, 1.807) is 6.08 Å². The average Bonchev–Trinajstić information content (AvgIpc) is 3.49. The summed E-state index contributed by atoms with van der Waals surface area (Å²) in [5.74, 6) is -1.08. The molecule has 0 aliphatic heterocycles. The molecule has 0 saturated heterocycles. The summed E-state index contributed by atoms with van der Waals surface area (Å²) in [7, 11) is 0. The van der Waals surface area contributed by atoms with Gasteiger partial charge in [0.1, 0.15) is 13.2 Å². The molecular formula is C77H120O6. The molecule has 0 aliphatic carbocycles. The lowest BCUT2D eigenvalue weighted by atomic mass is 10.1. The van der Waals surface area contributed by atoms with Gasteiger partial charge in [0.15, 0.2) is 6.10 Å². The van der Waals surface area contributed by atoms with Crippen LogP contribution in [0.2, 0.25) is 0 Å². The Balaban J connectivity index is 4.40. The molecule has 0 saturated carbocycles. The molecule has 1 unspecified atom stereocenters. The molecule has 0 aromatic heterocycles. The zero-order valence-corrected chi connectivity index (χ0v) is 53.1. The van der Waals surface area contributed by atoms with Crippen LogP contribution in [0.15, 0.2) is 182 Å². The number of carbonyl (C=O) groups excluding carboxylic acids is 3. The highest BCUT2D eigenvalue weighted by atomic mass is 16.6. The van der Waals surface area contributed by atoms with Crippen molar-refractivity contribution in [3.8, 4) is 0 Å². The van der Waals surface area contributed by atoms with Crippen molar-refractivity contribution in [2.24, 2.45) is 0 Å². The van der Waals surface area contributed by atoms with E-state index in [4.69, 9.17) is 14.2 Å². The van der Waals surface area contributed by atoms with Crippen LogP contribution in [0.4, 0.5) is 0 Å². The van der Waals surface area contributed by atoms with Crippen LogP contribution in [-0.4, -0.2) is 37.2 Å². The maximum atomic E-state index is 12.9. The third-order valence-corrected chi connectivity index (χ3v) is 13.4. The quantitative estimate of drug-likeness (QED) is 0.0261. The van der Waals surface area contributed by atoms with Crippen LogP contribution < -0.4 is 0 Å². The first-order valence-electron chi connectivity index (χ1n) is 33.3. The predicted molar refractivity (Wildman–Crippen MR) is 361 cm³/mol. The second-order valence-electron chi connectivity index (χ2n) is 21.3. The molecule has 0 amide bonds. The fourth-order valence-corrected chi connectivity index (χ4v) is 8.50. The van der Waals surface area contributed by atoms with Crippen LogP contribution in [0.5, 0.6) is 0 Å². The van der Waals surface area contributed by atoms with Crippen molar-refractivity contribution in [3.05, 3.63) is 182 Å². The molecule has 0 rings (SSSR count). The van der Waals surface area contributed by atoms with Crippen molar-refractivity contribution in [2.45, 2.75) is 271 Å². The third-order valence-electron chi connectivity index (χ3n) is 13.4. The van der Waals surface area contributed by atoms with Gasteiger partial charge in [-0.15, -0.1) is 0 Å². The van der Waals surface area contributed by atoms with Gasteiger partial charge in [-0.3, -0.25) is 14.4 Å². The van der Waals surface area contributed by atoms with Crippen molar-refractivity contribution in [1.29, 1.82) is 0 Å². The molecule has 0 fully saturated rings. The van der Waals surface area contributed by atoms with Crippen molar-refractivity contribution in [2.75, 3.05) is 13.2 Å². The first-order valence-corrected chi connectivity index (χ1v) is 33.3. The van der Waals surface area contributed by atoms with Gasteiger partial charge in [0.05, 0.1) is 6.42 Å². The van der Waals surface area contributed by atoms with Gasteiger partial charge in [-0.05, 0) is 141 Å².